The molecule has 1 saturated carbocycles. The number of aromatic nitrogens is 1. The molecule has 0 radical (unpaired) electrons. The number of carbonyl (C=O) groups is 1. The molecule has 4 rings (SSSR count). The van der Waals surface area contributed by atoms with Crippen LogP contribution < -0.4 is 10.2 Å². The maximum Gasteiger partial charge on any atom is 0.343 e. The molecule has 1 aliphatic carbocycles. The number of carboxylic acids is 1. The van der Waals surface area contributed by atoms with Gasteiger partial charge in [-0.3, -0.25) is 0 Å². The van der Waals surface area contributed by atoms with E-state index in [1.165, 1.54) is 6.42 Å². The Kier molecular flexibility index (Phi) is 5.99. The maximum atomic E-state index is 12.0. The van der Waals surface area contributed by atoms with E-state index in [2.05, 4.69) is 10.5 Å². The fourth-order valence-electron chi connectivity index (χ4n) is 4.36. The number of carboxylic acid groups (broad SMARTS) is 1. The van der Waals surface area contributed by atoms with Crippen LogP contribution in [0, 0.1) is 11.8 Å². The summed E-state index contributed by atoms with van der Waals surface area (Å²) in [6.07, 6.45) is 3.32. The molecule has 1 saturated heterocycles. The number of nitrogens with one attached hydrogen (secondary N) is 1. The molecule has 2 N–H and O–H groups in total. The zero-order chi connectivity index (χ0) is 18.3. The summed E-state index contributed by atoms with van der Waals surface area (Å²) in [6.45, 7) is 2.12. The molecule has 0 amide bonds. The number of anilines is 1. The molecule has 146 valence electrons. The lowest BCUT2D eigenvalue weighted by molar-refractivity contribution is 0.0698. The van der Waals surface area contributed by atoms with Gasteiger partial charge in [-0.05, 0) is 68.5 Å². The fourth-order valence-corrected chi connectivity index (χ4v) is 4.49. The second-order valence-corrected chi connectivity index (χ2v) is 7.71. The second kappa shape index (κ2) is 8.09. The predicted molar refractivity (Wildman–Crippen MR) is 107 cm³/mol. The highest BCUT2D eigenvalue weighted by molar-refractivity contribution is 6.30. The van der Waals surface area contributed by atoms with Crippen molar-refractivity contribution in [2.45, 2.75) is 25.3 Å². The molecule has 2 fully saturated rings. The first-order chi connectivity index (χ1) is 12.5. The zero-order valence-corrected chi connectivity index (χ0v) is 16.6. The van der Waals surface area contributed by atoms with Gasteiger partial charge in [-0.2, -0.15) is 0 Å². The van der Waals surface area contributed by atoms with Crippen molar-refractivity contribution in [2.24, 2.45) is 11.8 Å². The Balaban J connectivity index is 0.00000210. The lowest BCUT2D eigenvalue weighted by Crippen LogP contribution is -2.33. The molecule has 1 aromatic heterocycles. The summed E-state index contributed by atoms with van der Waals surface area (Å²) in [4.78, 5) is 13.9. The third kappa shape index (κ3) is 3.79. The average molecular weight is 412 g/mol. The van der Waals surface area contributed by atoms with Gasteiger partial charge in [-0.25, -0.2) is 4.79 Å². The topological polar surface area (TPSA) is 78.6 Å². The molecule has 3 atom stereocenters. The first-order valence-corrected chi connectivity index (χ1v) is 9.35. The van der Waals surface area contributed by atoms with Crippen LogP contribution in [0.15, 0.2) is 28.8 Å². The Morgan fingerprint density at radius 2 is 2.00 bits per heavy atom. The van der Waals surface area contributed by atoms with Crippen LogP contribution in [-0.4, -0.2) is 42.4 Å². The molecule has 2 aromatic rings. The van der Waals surface area contributed by atoms with Crippen LogP contribution in [0.4, 0.5) is 5.82 Å². The lowest BCUT2D eigenvalue weighted by Gasteiger charge is -2.25. The number of halogens is 2. The van der Waals surface area contributed by atoms with E-state index < -0.39 is 5.97 Å². The van der Waals surface area contributed by atoms with Gasteiger partial charge in [0.25, 0.3) is 0 Å². The molecule has 0 bridgehead atoms. The molecular weight excluding hydrogens is 389 g/mol. The molecule has 2 aliphatic rings. The van der Waals surface area contributed by atoms with Gasteiger partial charge in [0, 0.05) is 23.7 Å². The van der Waals surface area contributed by atoms with Crippen LogP contribution in [0.25, 0.3) is 11.3 Å². The second-order valence-electron chi connectivity index (χ2n) is 7.27. The minimum atomic E-state index is -1.03. The Morgan fingerprint density at radius 1 is 1.30 bits per heavy atom. The van der Waals surface area contributed by atoms with Crippen LogP contribution in [0.1, 0.15) is 29.6 Å². The fraction of sp³-hybridized carbons (Fsp3) is 0.474. The van der Waals surface area contributed by atoms with Crippen molar-refractivity contribution in [1.29, 1.82) is 0 Å². The van der Waals surface area contributed by atoms with E-state index >= 15 is 0 Å². The summed E-state index contributed by atoms with van der Waals surface area (Å²) < 4.78 is 5.45. The van der Waals surface area contributed by atoms with Gasteiger partial charge < -0.3 is 19.8 Å². The summed E-state index contributed by atoms with van der Waals surface area (Å²) in [5.41, 5.74) is 0.770. The summed E-state index contributed by atoms with van der Waals surface area (Å²) in [7, 11) is 1.92. The first kappa shape index (κ1) is 20.0. The van der Waals surface area contributed by atoms with Crippen molar-refractivity contribution in [1.82, 2.24) is 10.5 Å². The van der Waals surface area contributed by atoms with Gasteiger partial charge in [-0.15, -0.1) is 12.4 Å². The van der Waals surface area contributed by atoms with Gasteiger partial charge in [0.05, 0.1) is 0 Å². The Bertz CT molecular complexity index is 795. The van der Waals surface area contributed by atoms with Gasteiger partial charge in [0.2, 0.25) is 0 Å². The van der Waals surface area contributed by atoms with Gasteiger partial charge in [0.15, 0.2) is 17.1 Å². The highest BCUT2D eigenvalue weighted by atomic mass is 35.5. The maximum absolute atomic E-state index is 12.0. The minimum absolute atomic E-state index is 0. The third-order valence-electron chi connectivity index (χ3n) is 5.79. The van der Waals surface area contributed by atoms with Gasteiger partial charge in [0.1, 0.15) is 0 Å². The van der Waals surface area contributed by atoms with Crippen LogP contribution in [0.3, 0.4) is 0 Å². The van der Waals surface area contributed by atoms with E-state index in [-0.39, 0.29) is 29.8 Å². The average Bonchev–Trinajstić information content (AvgIpc) is 3.26. The van der Waals surface area contributed by atoms with Gasteiger partial charge in [-0.1, -0.05) is 16.8 Å². The van der Waals surface area contributed by atoms with Crippen LogP contribution >= 0.6 is 24.0 Å². The molecule has 0 unspecified atom stereocenters. The van der Waals surface area contributed by atoms with Crippen LogP contribution in [-0.2, 0) is 0 Å². The summed E-state index contributed by atoms with van der Waals surface area (Å²) >= 11 is 5.93. The smallest absolute Gasteiger partial charge is 0.343 e. The van der Waals surface area contributed by atoms with Crippen molar-refractivity contribution in [2.75, 3.05) is 25.0 Å². The highest BCUT2D eigenvalue weighted by Gasteiger charge is 2.39. The predicted octanol–water partition coefficient (Wildman–Crippen LogP) is 3.94. The number of rotatable bonds is 4. The van der Waals surface area contributed by atoms with E-state index in [0.717, 1.165) is 25.9 Å². The monoisotopic (exact) mass is 411 g/mol. The number of piperidine rings is 1. The highest BCUT2D eigenvalue weighted by Crippen LogP contribution is 2.40. The number of hydrogen-bond donors (Lipinski definition) is 2. The molecular formula is C19H23Cl2N3O3. The number of nitrogens with zero attached hydrogens (tertiary/aromatic N) is 2. The minimum Gasteiger partial charge on any atom is -0.477 e. The number of aromatic carboxylic acids is 1. The van der Waals surface area contributed by atoms with Crippen molar-refractivity contribution >= 4 is 35.8 Å². The van der Waals surface area contributed by atoms with E-state index in [4.69, 9.17) is 16.1 Å². The molecule has 1 aromatic carbocycles. The molecule has 2 heterocycles. The van der Waals surface area contributed by atoms with Crippen molar-refractivity contribution in [3.8, 4) is 11.3 Å². The molecule has 8 heteroatoms. The lowest BCUT2D eigenvalue weighted by atomic mass is 9.90. The Hall–Kier alpha value is -1.76. The largest absolute Gasteiger partial charge is 0.477 e. The van der Waals surface area contributed by atoms with Crippen LogP contribution in [0.5, 0.6) is 0 Å². The Labute approximate surface area is 169 Å². The van der Waals surface area contributed by atoms with Gasteiger partial charge >= 0.3 is 5.97 Å². The quantitative estimate of drug-likeness (QED) is 0.792. The standard InChI is InChI=1S/C19H22ClN3O3.ClH/c1-23(15-8-12-6-7-21-10-13(12)9-15)18-16(19(24)25)17(26-22-18)11-2-4-14(20)5-3-11;/h2-5,12-13,15,21H,6-10H2,1H3,(H,24,25);1H/t12-,13-,15+;/m1./s1. The third-order valence-corrected chi connectivity index (χ3v) is 6.04. The SMILES string of the molecule is CN(c1noc(-c2ccc(Cl)cc2)c1C(=O)O)[C@H]1C[C@H]2CCNC[C@H]2C1.Cl. The molecule has 6 nitrogen and oxygen atoms in total. The van der Waals surface area contributed by atoms with E-state index in [1.807, 2.05) is 11.9 Å². The Morgan fingerprint density at radius 3 is 2.67 bits per heavy atom. The first-order valence-electron chi connectivity index (χ1n) is 8.97. The van der Waals surface area contributed by atoms with Crippen molar-refractivity contribution < 1.29 is 14.4 Å². The van der Waals surface area contributed by atoms with E-state index in [1.54, 1.807) is 24.3 Å². The summed E-state index contributed by atoms with van der Waals surface area (Å²) in [5.74, 6) is 1.01. The number of fused-ring (bicyclic) bond motifs is 1. The number of benzene rings is 1. The summed E-state index contributed by atoms with van der Waals surface area (Å²) in [5, 5.41) is 18.0. The molecule has 0 spiro atoms. The van der Waals surface area contributed by atoms with Crippen molar-refractivity contribution in [3.63, 3.8) is 0 Å². The zero-order valence-electron chi connectivity index (χ0n) is 15.0. The van der Waals surface area contributed by atoms with E-state index in [0.29, 0.717) is 28.2 Å². The molecule has 27 heavy (non-hydrogen) atoms. The summed E-state index contributed by atoms with van der Waals surface area (Å²) in [6, 6.07) is 7.20. The normalized spacial score (nSPS) is 24.1. The van der Waals surface area contributed by atoms with E-state index in [9.17, 15) is 9.90 Å². The molecule has 1 aliphatic heterocycles. The number of hydrogen-bond acceptors (Lipinski definition) is 5. The van der Waals surface area contributed by atoms with Crippen LogP contribution in [0.2, 0.25) is 5.02 Å². The van der Waals surface area contributed by atoms with Crippen molar-refractivity contribution in [3.05, 3.63) is 34.9 Å².